The normalized spacial score (nSPS) is 10.1. The van der Waals surface area contributed by atoms with Crippen molar-refractivity contribution in [2.45, 2.75) is 6.42 Å². The first kappa shape index (κ1) is 10.7. The Bertz CT molecular complexity index is 278. The van der Waals surface area contributed by atoms with Crippen LogP contribution in [-0.2, 0) is 0 Å². The van der Waals surface area contributed by atoms with Gasteiger partial charge in [-0.2, -0.15) is 0 Å². The van der Waals surface area contributed by atoms with E-state index >= 15 is 0 Å². The Kier molecular flexibility index (Phi) is 4.41. The van der Waals surface area contributed by atoms with Gasteiger partial charge in [0.05, 0.1) is 6.67 Å². The van der Waals surface area contributed by atoms with Crippen LogP contribution in [0.25, 0.3) is 0 Å². The molecule has 0 radical (unpaired) electrons. The summed E-state index contributed by atoms with van der Waals surface area (Å²) in [6, 6.07) is 4.49. The third-order valence-electron chi connectivity index (χ3n) is 1.56. The van der Waals surface area contributed by atoms with E-state index in [2.05, 4.69) is 5.32 Å². The molecular weight excluding hydrogens is 287 g/mol. The summed E-state index contributed by atoms with van der Waals surface area (Å²) in [6.45, 7) is 0.253. The molecule has 0 aliphatic heterocycles. The number of nitrogens with one attached hydrogen (secondary N) is 1. The molecule has 0 aromatic heterocycles. The minimum Gasteiger partial charge on any atom is -0.384 e. The molecule has 0 bridgehead atoms. The van der Waals surface area contributed by atoms with Crippen LogP contribution in [0.4, 0.5) is 14.5 Å². The maximum atomic E-state index is 12.6. The monoisotopic (exact) mass is 297 g/mol. The first-order chi connectivity index (χ1) is 6.24. The van der Waals surface area contributed by atoms with Gasteiger partial charge < -0.3 is 5.32 Å². The largest absolute Gasteiger partial charge is 0.384 e. The summed E-state index contributed by atoms with van der Waals surface area (Å²) in [4.78, 5) is 0. The fraction of sp³-hybridized carbons (Fsp3) is 0.333. The van der Waals surface area contributed by atoms with E-state index < -0.39 is 0 Å². The van der Waals surface area contributed by atoms with E-state index in [1.165, 1.54) is 12.1 Å². The lowest BCUT2D eigenvalue weighted by Gasteiger charge is -2.06. The Balaban J connectivity index is 2.56. The zero-order valence-corrected chi connectivity index (χ0v) is 9.14. The van der Waals surface area contributed by atoms with Crippen LogP contribution >= 0.6 is 22.6 Å². The summed E-state index contributed by atoms with van der Waals surface area (Å²) in [5.74, 6) is -0.250. The molecule has 0 aliphatic rings. The van der Waals surface area contributed by atoms with Crippen LogP contribution in [0, 0.1) is 9.39 Å². The van der Waals surface area contributed by atoms with Crippen LogP contribution < -0.4 is 5.32 Å². The number of benzene rings is 1. The summed E-state index contributed by atoms with van der Waals surface area (Å²) >= 11 is 2.04. The Labute approximate surface area is 89.7 Å². The SMILES string of the molecule is FCCCNc1ccc(F)cc1I. The fourth-order valence-corrected chi connectivity index (χ4v) is 1.59. The summed E-state index contributed by atoms with van der Waals surface area (Å²) in [7, 11) is 0. The molecule has 1 N–H and O–H groups in total. The van der Waals surface area contributed by atoms with Crippen molar-refractivity contribution in [2.24, 2.45) is 0 Å². The van der Waals surface area contributed by atoms with Crippen LogP contribution in [-0.4, -0.2) is 13.2 Å². The van der Waals surface area contributed by atoms with E-state index in [4.69, 9.17) is 0 Å². The Morgan fingerprint density at radius 3 is 2.77 bits per heavy atom. The van der Waals surface area contributed by atoms with Gasteiger partial charge in [0.1, 0.15) is 5.82 Å². The van der Waals surface area contributed by atoms with Crippen molar-refractivity contribution in [1.82, 2.24) is 0 Å². The van der Waals surface area contributed by atoms with Gasteiger partial charge in [-0.25, -0.2) is 4.39 Å². The first-order valence-corrected chi connectivity index (χ1v) is 5.07. The smallest absolute Gasteiger partial charge is 0.124 e. The van der Waals surface area contributed by atoms with E-state index in [0.717, 1.165) is 9.26 Å². The molecule has 72 valence electrons. The minimum absolute atomic E-state index is 0.250. The topological polar surface area (TPSA) is 12.0 Å². The van der Waals surface area contributed by atoms with Gasteiger partial charge in [-0.15, -0.1) is 0 Å². The van der Waals surface area contributed by atoms with Gasteiger partial charge in [-0.05, 0) is 47.2 Å². The number of hydrogen-bond acceptors (Lipinski definition) is 1. The highest BCUT2D eigenvalue weighted by Crippen LogP contribution is 2.18. The summed E-state index contributed by atoms with van der Waals surface area (Å²) in [6.07, 6.45) is 0.480. The van der Waals surface area contributed by atoms with E-state index in [0.29, 0.717) is 13.0 Å². The molecule has 0 unspecified atom stereocenters. The molecule has 1 nitrogen and oxygen atoms in total. The van der Waals surface area contributed by atoms with Gasteiger partial charge in [0.2, 0.25) is 0 Å². The second-order valence-corrected chi connectivity index (χ2v) is 3.76. The summed E-state index contributed by atoms with van der Waals surface area (Å²) in [5, 5.41) is 3.03. The number of rotatable bonds is 4. The minimum atomic E-state index is -0.329. The van der Waals surface area contributed by atoms with Crippen molar-refractivity contribution >= 4 is 28.3 Å². The van der Waals surface area contributed by atoms with Gasteiger partial charge in [0.15, 0.2) is 0 Å². The lowest BCUT2D eigenvalue weighted by molar-refractivity contribution is 0.481. The van der Waals surface area contributed by atoms with E-state index in [1.54, 1.807) is 6.07 Å². The lowest BCUT2D eigenvalue weighted by Crippen LogP contribution is -2.03. The molecule has 0 amide bonds. The Morgan fingerprint density at radius 1 is 1.38 bits per heavy atom. The third-order valence-corrected chi connectivity index (χ3v) is 2.45. The molecule has 0 heterocycles. The number of halogens is 3. The maximum Gasteiger partial charge on any atom is 0.124 e. The standard InChI is InChI=1S/C9H10F2IN/c10-4-1-5-13-9-3-2-7(11)6-8(9)12/h2-3,6,13H,1,4-5H2. The molecule has 0 spiro atoms. The molecule has 0 saturated carbocycles. The number of hydrogen-bond donors (Lipinski definition) is 1. The van der Waals surface area contributed by atoms with Crippen molar-refractivity contribution < 1.29 is 8.78 Å². The van der Waals surface area contributed by atoms with Gasteiger partial charge in [-0.1, -0.05) is 0 Å². The van der Waals surface area contributed by atoms with Crippen LogP contribution in [0.5, 0.6) is 0 Å². The van der Waals surface area contributed by atoms with Crippen molar-refractivity contribution in [3.8, 4) is 0 Å². The average Bonchev–Trinajstić information content (AvgIpc) is 2.09. The van der Waals surface area contributed by atoms with Crippen LogP contribution in [0.2, 0.25) is 0 Å². The quantitative estimate of drug-likeness (QED) is 0.665. The van der Waals surface area contributed by atoms with Crippen LogP contribution in [0.3, 0.4) is 0 Å². The molecule has 0 saturated heterocycles. The first-order valence-electron chi connectivity index (χ1n) is 3.99. The van der Waals surface area contributed by atoms with Gasteiger partial charge in [-0.3, -0.25) is 4.39 Å². The molecule has 0 aliphatic carbocycles. The lowest BCUT2D eigenvalue weighted by atomic mass is 10.3. The van der Waals surface area contributed by atoms with Gasteiger partial charge >= 0.3 is 0 Å². The Morgan fingerprint density at radius 2 is 2.15 bits per heavy atom. The third kappa shape index (κ3) is 3.46. The highest BCUT2D eigenvalue weighted by atomic mass is 127. The maximum absolute atomic E-state index is 12.6. The molecule has 1 aromatic rings. The zero-order valence-electron chi connectivity index (χ0n) is 6.99. The number of alkyl halides is 1. The van der Waals surface area contributed by atoms with Crippen molar-refractivity contribution in [3.05, 3.63) is 27.6 Å². The number of anilines is 1. The fourth-order valence-electron chi connectivity index (χ4n) is 0.923. The zero-order chi connectivity index (χ0) is 9.68. The molecule has 4 heteroatoms. The predicted octanol–water partition coefficient (Wildman–Crippen LogP) is 3.20. The second kappa shape index (κ2) is 5.36. The van der Waals surface area contributed by atoms with Crippen molar-refractivity contribution in [3.63, 3.8) is 0 Å². The average molecular weight is 297 g/mol. The van der Waals surface area contributed by atoms with E-state index in [1.807, 2.05) is 22.6 Å². The van der Waals surface area contributed by atoms with E-state index in [-0.39, 0.29) is 12.5 Å². The van der Waals surface area contributed by atoms with Crippen molar-refractivity contribution in [2.75, 3.05) is 18.5 Å². The van der Waals surface area contributed by atoms with Crippen molar-refractivity contribution in [1.29, 1.82) is 0 Å². The van der Waals surface area contributed by atoms with E-state index in [9.17, 15) is 8.78 Å². The van der Waals surface area contributed by atoms with Crippen LogP contribution in [0.15, 0.2) is 18.2 Å². The predicted molar refractivity (Wildman–Crippen MR) is 58.2 cm³/mol. The molecule has 0 atom stereocenters. The van der Waals surface area contributed by atoms with Gasteiger partial charge in [0, 0.05) is 15.8 Å². The Hall–Kier alpha value is -0.390. The van der Waals surface area contributed by atoms with Gasteiger partial charge in [0.25, 0.3) is 0 Å². The molecular formula is C9H10F2IN. The molecule has 0 fully saturated rings. The molecule has 13 heavy (non-hydrogen) atoms. The highest BCUT2D eigenvalue weighted by Gasteiger charge is 1.99. The molecule has 1 aromatic carbocycles. The highest BCUT2D eigenvalue weighted by molar-refractivity contribution is 14.1. The molecule has 1 rings (SSSR count). The summed E-state index contributed by atoms with van der Waals surface area (Å²) < 4.78 is 25.2. The van der Waals surface area contributed by atoms with Crippen LogP contribution in [0.1, 0.15) is 6.42 Å². The summed E-state index contributed by atoms with van der Waals surface area (Å²) in [5.41, 5.74) is 0.857. The second-order valence-electron chi connectivity index (χ2n) is 2.59.